The summed E-state index contributed by atoms with van der Waals surface area (Å²) in [5.41, 5.74) is 7.46. The molecule has 0 saturated carbocycles. The van der Waals surface area contributed by atoms with Gasteiger partial charge in [-0.2, -0.15) is 0 Å². The lowest BCUT2D eigenvalue weighted by atomic mass is 10.0. The number of anilines is 2. The lowest BCUT2D eigenvalue weighted by Crippen LogP contribution is -2.27. The molecule has 3 aromatic carbocycles. The van der Waals surface area contributed by atoms with E-state index in [1.165, 1.54) is 24.3 Å². The van der Waals surface area contributed by atoms with Gasteiger partial charge in [-0.3, -0.25) is 9.59 Å². The van der Waals surface area contributed by atoms with Crippen LogP contribution in [0.3, 0.4) is 0 Å². The van der Waals surface area contributed by atoms with Crippen LogP contribution in [0.15, 0.2) is 78.9 Å². The van der Waals surface area contributed by atoms with Crippen LogP contribution >= 0.6 is 0 Å². The van der Waals surface area contributed by atoms with Gasteiger partial charge in [-0.15, -0.1) is 0 Å². The van der Waals surface area contributed by atoms with Crippen LogP contribution in [-0.2, 0) is 4.79 Å². The maximum atomic E-state index is 13.1. The predicted molar refractivity (Wildman–Crippen MR) is 103 cm³/mol. The fraction of sp³-hybridized carbons (Fsp3) is 0.0476. The van der Waals surface area contributed by atoms with Crippen molar-refractivity contribution in [1.82, 2.24) is 0 Å². The highest BCUT2D eigenvalue weighted by molar-refractivity contribution is 5.98. The third-order valence-corrected chi connectivity index (χ3v) is 3.96. The number of benzene rings is 3. The van der Waals surface area contributed by atoms with E-state index in [1.807, 2.05) is 30.3 Å². The second kappa shape index (κ2) is 8.14. The van der Waals surface area contributed by atoms with Crippen LogP contribution in [0.25, 0.3) is 0 Å². The molecule has 1 atom stereocenters. The normalized spacial score (nSPS) is 11.4. The average molecular weight is 363 g/mol. The monoisotopic (exact) mass is 363 g/mol. The topological polar surface area (TPSA) is 84.2 Å². The molecule has 3 rings (SSSR count). The maximum Gasteiger partial charge on any atom is 0.251 e. The fourth-order valence-electron chi connectivity index (χ4n) is 2.62. The molecule has 0 heterocycles. The highest BCUT2D eigenvalue weighted by Gasteiger charge is 2.21. The standard InChI is InChI=1S/C21H18FN3O2/c22-16-9-11-17(12-10-16)25-21(27)19(14-5-2-1-3-6-14)24-18-8-4-7-15(13-18)20(23)26/h1-13,19,24H,(H2,23,26)(H,25,27). The Morgan fingerprint density at radius 1 is 0.852 bits per heavy atom. The molecule has 1 unspecified atom stereocenters. The minimum Gasteiger partial charge on any atom is -0.370 e. The number of nitrogens with two attached hydrogens (primary N) is 1. The Kier molecular flexibility index (Phi) is 5.47. The van der Waals surface area contributed by atoms with Gasteiger partial charge in [-0.05, 0) is 48.0 Å². The molecular formula is C21H18FN3O2. The Bertz CT molecular complexity index is 943. The summed E-state index contributed by atoms with van der Waals surface area (Å²) in [6.45, 7) is 0. The third-order valence-electron chi connectivity index (χ3n) is 3.96. The molecule has 6 heteroatoms. The number of carbonyl (C=O) groups excluding carboxylic acids is 2. The van der Waals surface area contributed by atoms with Crippen molar-refractivity contribution < 1.29 is 14.0 Å². The molecule has 136 valence electrons. The lowest BCUT2D eigenvalue weighted by Gasteiger charge is -2.20. The summed E-state index contributed by atoms with van der Waals surface area (Å²) in [7, 11) is 0. The van der Waals surface area contributed by atoms with Crippen molar-refractivity contribution >= 4 is 23.2 Å². The van der Waals surface area contributed by atoms with Gasteiger partial charge in [0, 0.05) is 16.9 Å². The molecule has 0 bridgehead atoms. The minimum absolute atomic E-state index is 0.322. The number of nitrogens with one attached hydrogen (secondary N) is 2. The van der Waals surface area contributed by atoms with Crippen LogP contribution in [0.4, 0.5) is 15.8 Å². The number of rotatable bonds is 6. The molecule has 27 heavy (non-hydrogen) atoms. The van der Waals surface area contributed by atoms with Crippen LogP contribution in [0.1, 0.15) is 22.0 Å². The second-order valence-electron chi connectivity index (χ2n) is 5.93. The molecule has 0 aliphatic rings. The zero-order chi connectivity index (χ0) is 19.2. The van der Waals surface area contributed by atoms with Crippen LogP contribution < -0.4 is 16.4 Å². The minimum atomic E-state index is -0.723. The Balaban J connectivity index is 1.87. The molecule has 0 saturated heterocycles. The van der Waals surface area contributed by atoms with Gasteiger partial charge in [0.2, 0.25) is 5.91 Å². The largest absolute Gasteiger partial charge is 0.370 e. The molecule has 4 N–H and O–H groups in total. The van der Waals surface area contributed by atoms with Crippen LogP contribution in [0.2, 0.25) is 0 Å². The van der Waals surface area contributed by atoms with E-state index in [0.717, 1.165) is 5.56 Å². The molecule has 0 fully saturated rings. The van der Waals surface area contributed by atoms with Gasteiger partial charge < -0.3 is 16.4 Å². The molecule has 0 radical (unpaired) electrons. The van der Waals surface area contributed by atoms with E-state index in [9.17, 15) is 14.0 Å². The van der Waals surface area contributed by atoms with Crippen molar-refractivity contribution in [2.75, 3.05) is 10.6 Å². The summed E-state index contributed by atoms with van der Waals surface area (Å²) >= 11 is 0. The Hall–Kier alpha value is -3.67. The van der Waals surface area contributed by atoms with E-state index in [0.29, 0.717) is 16.9 Å². The first kappa shape index (κ1) is 18.1. The lowest BCUT2D eigenvalue weighted by molar-refractivity contribution is -0.117. The molecule has 0 aromatic heterocycles. The van der Waals surface area contributed by atoms with E-state index in [2.05, 4.69) is 10.6 Å². The van der Waals surface area contributed by atoms with Crippen LogP contribution in [-0.4, -0.2) is 11.8 Å². The van der Waals surface area contributed by atoms with Crippen LogP contribution in [0, 0.1) is 5.82 Å². The summed E-state index contributed by atoms with van der Waals surface area (Å²) in [5, 5.41) is 5.89. The van der Waals surface area contributed by atoms with Crippen molar-refractivity contribution in [1.29, 1.82) is 0 Å². The first-order chi connectivity index (χ1) is 13.0. The van der Waals surface area contributed by atoms with Crippen molar-refractivity contribution in [3.8, 4) is 0 Å². The number of hydrogen-bond acceptors (Lipinski definition) is 3. The smallest absolute Gasteiger partial charge is 0.251 e. The van der Waals surface area contributed by atoms with Crippen LogP contribution in [0.5, 0.6) is 0 Å². The van der Waals surface area contributed by atoms with Crippen molar-refractivity contribution in [3.05, 3.63) is 95.8 Å². The van der Waals surface area contributed by atoms with Gasteiger partial charge >= 0.3 is 0 Å². The molecule has 5 nitrogen and oxygen atoms in total. The van der Waals surface area contributed by atoms with Crippen molar-refractivity contribution in [2.45, 2.75) is 6.04 Å². The van der Waals surface area contributed by atoms with Gasteiger partial charge in [0.05, 0.1) is 0 Å². The highest BCUT2D eigenvalue weighted by atomic mass is 19.1. The zero-order valence-corrected chi connectivity index (χ0v) is 14.4. The van der Waals surface area contributed by atoms with Gasteiger partial charge in [-0.1, -0.05) is 36.4 Å². The summed E-state index contributed by atoms with van der Waals surface area (Å²) in [6.07, 6.45) is 0. The fourth-order valence-corrected chi connectivity index (χ4v) is 2.62. The molecule has 3 aromatic rings. The van der Waals surface area contributed by atoms with Gasteiger partial charge in [-0.25, -0.2) is 4.39 Å². The quantitative estimate of drug-likeness (QED) is 0.624. The van der Waals surface area contributed by atoms with Gasteiger partial charge in [0.15, 0.2) is 0 Å². The van der Waals surface area contributed by atoms with Crippen molar-refractivity contribution in [3.63, 3.8) is 0 Å². The number of halogens is 1. The van der Waals surface area contributed by atoms with Gasteiger partial charge in [0.1, 0.15) is 11.9 Å². The van der Waals surface area contributed by atoms with E-state index < -0.39 is 11.9 Å². The number of primary amides is 1. The van der Waals surface area contributed by atoms with E-state index in [-0.39, 0.29) is 11.7 Å². The summed E-state index contributed by atoms with van der Waals surface area (Å²) < 4.78 is 13.1. The van der Waals surface area contributed by atoms with E-state index in [1.54, 1.807) is 24.3 Å². The molecule has 0 aliphatic heterocycles. The Morgan fingerprint density at radius 3 is 2.22 bits per heavy atom. The summed E-state index contributed by atoms with van der Waals surface area (Å²) in [4.78, 5) is 24.3. The van der Waals surface area contributed by atoms with E-state index in [4.69, 9.17) is 5.73 Å². The second-order valence-corrected chi connectivity index (χ2v) is 5.93. The molecule has 0 spiro atoms. The van der Waals surface area contributed by atoms with E-state index >= 15 is 0 Å². The summed E-state index contributed by atoms with van der Waals surface area (Å²) in [6, 6.07) is 20.6. The summed E-state index contributed by atoms with van der Waals surface area (Å²) in [5.74, 6) is -1.25. The Labute approximate surface area is 156 Å². The molecule has 0 aliphatic carbocycles. The maximum absolute atomic E-state index is 13.1. The first-order valence-corrected chi connectivity index (χ1v) is 8.31. The average Bonchev–Trinajstić information content (AvgIpc) is 2.68. The first-order valence-electron chi connectivity index (χ1n) is 8.31. The SMILES string of the molecule is NC(=O)c1cccc(NC(C(=O)Nc2ccc(F)cc2)c2ccccc2)c1. The number of amides is 2. The van der Waals surface area contributed by atoms with Crippen molar-refractivity contribution in [2.24, 2.45) is 5.73 Å². The Morgan fingerprint density at radius 2 is 1.56 bits per heavy atom. The zero-order valence-electron chi connectivity index (χ0n) is 14.4. The van der Waals surface area contributed by atoms with Gasteiger partial charge in [0.25, 0.3) is 5.91 Å². The number of carbonyl (C=O) groups is 2. The molecule has 2 amide bonds. The predicted octanol–water partition coefficient (Wildman–Crippen LogP) is 3.72. The highest BCUT2D eigenvalue weighted by Crippen LogP contribution is 2.22. The molecular weight excluding hydrogens is 345 g/mol. The third kappa shape index (κ3) is 4.70. The number of hydrogen-bond donors (Lipinski definition) is 3.